The number of hydrogen-bond acceptors (Lipinski definition) is 6. The van der Waals surface area contributed by atoms with Gasteiger partial charge in [-0.05, 0) is 38.1 Å². The summed E-state index contributed by atoms with van der Waals surface area (Å²) in [7, 11) is 1.56. The zero-order valence-electron chi connectivity index (χ0n) is 16.2. The van der Waals surface area contributed by atoms with Crippen LogP contribution in [0.5, 0.6) is 0 Å². The third-order valence-corrected chi connectivity index (χ3v) is 4.42. The molecule has 2 aromatic heterocycles. The topological polar surface area (TPSA) is 108 Å². The molecule has 0 saturated heterocycles. The summed E-state index contributed by atoms with van der Waals surface area (Å²) >= 11 is 6.01. The lowest BCUT2D eigenvalue weighted by Gasteiger charge is -2.09. The number of methoxy groups -OCH3 is 1. The van der Waals surface area contributed by atoms with Gasteiger partial charge in [0.1, 0.15) is 11.6 Å². The summed E-state index contributed by atoms with van der Waals surface area (Å²) in [6.07, 6.45) is 1.40. The van der Waals surface area contributed by atoms with Crippen molar-refractivity contribution in [3.05, 3.63) is 73.8 Å². The standard InChI is InChI=1S/C20H19ClN6O2/c1-12-7-14(11-29-3)17(9-22)19(24-12)25-23-10-18-13(2)26-27(20(18)28)16-6-4-5-15(21)8-16/h4-8,10,26H,11H2,1-3H3,(H,24,25). The average Bonchev–Trinajstić information content (AvgIpc) is 2.96. The highest BCUT2D eigenvalue weighted by atomic mass is 35.5. The Morgan fingerprint density at radius 2 is 2.21 bits per heavy atom. The van der Waals surface area contributed by atoms with Gasteiger partial charge in [-0.2, -0.15) is 10.4 Å². The maximum Gasteiger partial charge on any atom is 0.280 e. The number of nitrogens with zero attached hydrogens (tertiary/aromatic N) is 4. The molecular formula is C20H19ClN6O2. The van der Waals surface area contributed by atoms with Gasteiger partial charge in [0, 0.05) is 29.1 Å². The minimum absolute atomic E-state index is 0.270. The molecule has 0 saturated carbocycles. The maximum absolute atomic E-state index is 12.7. The van der Waals surface area contributed by atoms with Crippen LogP contribution in [0.1, 0.15) is 28.1 Å². The molecule has 0 atom stereocenters. The molecule has 0 aliphatic heterocycles. The van der Waals surface area contributed by atoms with E-state index in [4.69, 9.17) is 16.3 Å². The summed E-state index contributed by atoms with van der Waals surface area (Å²) in [5, 5.41) is 17.1. The van der Waals surface area contributed by atoms with E-state index in [-0.39, 0.29) is 12.2 Å². The van der Waals surface area contributed by atoms with Crippen molar-refractivity contribution in [3.63, 3.8) is 0 Å². The number of rotatable bonds is 6. The molecule has 0 amide bonds. The van der Waals surface area contributed by atoms with Gasteiger partial charge >= 0.3 is 0 Å². The van der Waals surface area contributed by atoms with Crippen molar-refractivity contribution < 1.29 is 4.74 Å². The Morgan fingerprint density at radius 1 is 1.41 bits per heavy atom. The summed E-state index contributed by atoms with van der Waals surface area (Å²) < 4.78 is 6.53. The van der Waals surface area contributed by atoms with E-state index in [1.165, 1.54) is 10.9 Å². The molecule has 0 aliphatic rings. The number of aromatic amines is 1. The average molecular weight is 411 g/mol. The number of hydrazone groups is 1. The second kappa shape index (κ2) is 8.73. The SMILES string of the molecule is COCc1cc(C)nc(NN=Cc2c(C)[nH]n(-c3cccc(Cl)c3)c2=O)c1C#N. The molecule has 0 radical (unpaired) electrons. The van der Waals surface area contributed by atoms with Crippen LogP contribution in [0.15, 0.2) is 40.2 Å². The number of aromatic nitrogens is 3. The highest BCUT2D eigenvalue weighted by molar-refractivity contribution is 6.30. The predicted molar refractivity (Wildman–Crippen MR) is 112 cm³/mol. The van der Waals surface area contributed by atoms with Crippen LogP contribution in [0.4, 0.5) is 5.82 Å². The molecule has 1 aromatic carbocycles. The molecule has 9 heteroatoms. The molecule has 0 unspecified atom stereocenters. The van der Waals surface area contributed by atoms with E-state index >= 15 is 0 Å². The summed E-state index contributed by atoms with van der Waals surface area (Å²) in [5.74, 6) is 0.305. The minimum atomic E-state index is -0.270. The molecular weight excluding hydrogens is 392 g/mol. The highest BCUT2D eigenvalue weighted by Gasteiger charge is 2.13. The fourth-order valence-corrected chi connectivity index (χ4v) is 3.07. The first-order valence-corrected chi connectivity index (χ1v) is 9.08. The van der Waals surface area contributed by atoms with Crippen molar-refractivity contribution in [2.45, 2.75) is 20.5 Å². The van der Waals surface area contributed by atoms with Crippen molar-refractivity contribution in [1.29, 1.82) is 5.26 Å². The zero-order chi connectivity index (χ0) is 21.0. The van der Waals surface area contributed by atoms with Crippen LogP contribution in [-0.4, -0.2) is 28.1 Å². The monoisotopic (exact) mass is 410 g/mol. The van der Waals surface area contributed by atoms with Gasteiger partial charge < -0.3 is 4.74 Å². The Balaban J connectivity index is 1.91. The zero-order valence-corrected chi connectivity index (χ0v) is 16.9. The summed E-state index contributed by atoms with van der Waals surface area (Å²) in [5.41, 5.74) is 5.90. The number of benzene rings is 1. The fourth-order valence-electron chi connectivity index (χ4n) is 2.88. The number of anilines is 1. The molecule has 2 N–H and O–H groups in total. The summed E-state index contributed by atoms with van der Waals surface area (Å²) in [4.78, 5) is 17.1. The van der Waals surface area contributed by atoms with Gasteiger partial charge in [0.2, 0.25) is 0 Å². The van der Waals surface area contributed by atoms with Crippen LogP contribution in [0.3, 0.4) is 0 Å². The van der Waals surface area contributed by atoms with Crippen molar-refractivity contribution >= 4 is 23.6 Å². The first-order chi connectivity index (χ1) is 13.9. The second-order valence-corrected chi connectivity index (χ2v) is 6.77. The Morgan fingerprint density at radius 3 is 2.90 bits per heavy atom. The van der Waals surface area contributed by atoms with E-state index in [1.807, 2.05) is 6.92 Å². The number of aryl methyl sites for hydroxylation is 2. The van der Waals surface area contributed by atoms with Crippen LogP contribution in [0.25, 0.3) is 5.69 Å². The number of halogens is 1. The molecule has 29 heavy (non-hydrogen) atoms. The van der Waals surface area contributed by atoms with Gasteiger partial charge in [0.05, 0.1) is 24.1 Å². The van der Waals surface area contributed by atoms with Gasteiger partial charge in [-0.15, -0.1) is 0 Å². The predicted octanol–water partition coefficient (Wildman–Crippen LogP) is 3.29. The lowest BCUT2D eigenvalue weighted by atomic mass is 10.1. The molecule has 0 bridgehead atoms. The molecule has 0 spiro atoms. The van der Waals surface area contributed by atoms with E-state index in [0.717, 1.165) is 5.69 Å². The van der Waals surface area contributed by atoms with E-state index in [9.17, 15) is 10.1 Å². The second-order valence-electron chi connectivity index (χ2n) is 6.33. The largest absolute Gasteiger partial charge is 0.380 e. The molecule has 0 aliphatic carbocycles. The van der Waals surface area contributed by atoms with Gasteiger partial charge in [0.25, 0.3) is 5.56 Å². The maximum atomic E-state index is 12.7. The highest BCUT2D eigenvalue weighted by Crippen LogP contribution is 2.19. The summed E-state index contributed by atoms with van der Waals surface area (Å²) in [6.45, 7) is 3.87. The van der Waals surface area contributed by atoms with Crippen molar-refractivity contribution in [3.8, 4) is 11.8 Å². The van der Waals surface area contributed by atoms with E-state index < -0.39 is 0 Å². The van der Waals surface area contributed by atoms with E-state index in [2.05, 4.69) is 26.7 Å². The minimum Gasteiger partial charge on any atom is -0.380 e. The number of nitrogens with one attached hydrogen (secondary N) is 2. The van der Waals surface area contributed by atoms with Crippen molar-refractivity contribution in [1.82, 2.24) is 14.8 Å². The van der Waals surface area contributed by atoms with E-state index in [1.54, 1.807) is 44.4 Å². The molecule has 148 valence electrons. The number of nitriles is 1. The number of ether oxygens (including phenoxy) is 1. The quantitative estimate of drug-likeness (QED) is 0.478. The van der Waals surface area contributed by atoms with Crippen LogP contribution >= 0.6 is 11.6 Å². The lowest BCUT2D eigenvalue weighted by Crippen LogP contribution is -2.17. The van der Waals surface area contributed by atoms with Crippen molar-refractivity contribution in [2.24, 2.45) is 5.10 Å². The van der Waals surface area contributed by atoms with Gasteiger partial charge in [-0.1, -0.05) is 17.7 Å². The van der Waals surface area contributed by atoms with Crippen LogP contribution in [0.2, 0.25) is 5.02 Å². The first kappa shape index (κ1) is 20.3. The number of pyridine rings is 1. The van der Waals surface area contributed by atoms with Gasteiger partial charge in [-0.3, -0.25) is 15.3 Å². The molecule has 2 heterocycles. The third-order valence-electron chi connectivity index (χ3n) is 4.19. The smallest absolute Gasteiger partial charge is 0.280 e. The van der Waals surface area contributed by atoms with Crippen molar-refractivity contribution in [2.75, 3.05) is 12.5 Å². The third kappa shape index (κ3) is 4.37. The fraction of sp³-hybridized carbons (Fsp3) is 0.200. The lowest BCUT2D eigenvalue weighted by molar-refractivity contribution is 0.184. The summed E-state index contributed by atoms with van der Waals surface area (Å²) in [6, 6.07) is 10.9. The number of hydrogen-bond donors (Lipinski definition) is 2. The van der Waals surface area contributed by atoms with Crippen LogP contribution < -0.4 is 11.0 Å². The van der Waals surface area contributed by atoms with E-state index in [0.29, 0.717) is 38.9 Å². The molecule has 3 rings (SSSR count). The molecule has 8 nitrogen and oxygen atoms in total. The van der Waals surface area contributed by atoms with Gasteiger partial charge in [0.15, 0.2) is 5.82 Å². The normalized spacial score (nSPS) is 11.0. The molecule has 3 aromatic rings. The molecule has 0 fully saturated rings. The Labute approximate surface area is 172 Å². The van der Waals surface area contributed by atoms with Crippen LogP contribution in [0, 0.1) is 25.2 Å². The number of H-pyrrole nitrogens is 1. The van der Waals surface area contributed by atoms with Crippen LogP contribution in [-0.2, 0) is 11.3 Å². The first-order valence-electron chi connectivity index (χ1n) is 8.70. The Bertz CT molecular complexity index is 1170. The Hall–Kier alpha value is -3.41. The Kier molecular flexibility index (Phi) is 6.12. The van der Waals surface area contributed by atoms with Gasteiger partial charge in [-0.25, -0.2) is 9.67 Å².